The highest BCUT2D eigenvalue weighted by molar-refractivity contribution is 5.81. The third-order valence-electron chi connectivity index (χ3n) is 5.90. The van der Waals surface area contributed by atoms with Crippen molar-refractivity contribution in [2.75, 3.05) is 0 Å². The standard InChI is InChI=1S/C25H15F17O3/c1-2-17(43)44-11-13-3-7-15(8-4-13)16-9-5-14(6-10-16)12-45-25(41,42)23(36,37)21(32,33)19(28,29)18(26,27)20(30,31)22(34,35)24(38,39)40/h2-10H,1,11-12H2. The minimum Gasteiger partial charge on any atom is -0.458 e. The summed E-state index contributed by atoms with van der Waals surface area (Å²) in [5.41, 5.74) is 0.614. The molecule has 0 atom stereocenters. The highest BCUT2D eigenvalue weighted by Gasteiger charge is 2.95. The van der Waals surface area contributed by atoms with Gasteiger partial charge in [0.15, 0.2) is 0 Å². The number of carbonyl (C=O) groups excluding carboxylic acids is 1. The van der Waals surface area contributed by atoms with E-state index in [9.17, 15) is 79.4 Å². The molecule has 0 aliphatic carbocycles. The molecule has 0 unspecified atom stereocenters. The third kappa shape index (κ3) is 6.42. The van der Waals surface area contributed by atoms with Crippen molar-refractivity contribution in [2.45, 2.75) is 61.0 Å². The van der Waals surface area contributed by atoms with Gasteiger partial charge in [-0.05, 0) is 22.3 Å². The number of alkyl halides is 17. The average molecular weight is 686 g/mol. The number of carbonyl (C=O) groups is 1. The van der Waals surface area contributed by atoms with Crippen molar-refractivity contribution in [2.24, 2.45) is 0 Å². The van der Waals surface area contributed by atoms with E-state index in [-0.39, 0.29) is 12.2 Å². The van der Waals surface area contributed by atoms with Crippen molar-refractivity contribution in [3.8, 4) is 11.1 Å². The number of benzene rings is 2. The van der Waals surface area contributed by atoms with Crippen LogP contribution >= 0.6 is 0 Å². The van der Waals surface area contributed by atoms with Crippen molar-refractivity contribution < 1.29 is 88.9 Å². The van der Waals surface area contributed by atoms with Gasteiger partial charge in [-0.15, -0.1) is 0 Å². The Balaban J connectivity index is 2.27. The molecule has 0 bridgehead atoms. The fourth-order valence-corrected chi connectivity index (χ4v) is 3.21. The number of esters is 1. The van der Waals surface area contributed by atoms with Gasteiger partial charge in [0, 0.05) is 6.08 Å². The van der Waals surface area contributed by atoms with E-state index < -0.39 is 66.0 Å². The van der Waals surface area contributed by atoms with Gasteiger partial charge in [-0.25, -0.2) is 4.79 Å². The van der Waals surface area contributed by atoms with Crippen molar-refractivity contribution in [3.63, 3.8) is 0 Å². The smallest absolute Gasteiger partial charge is 0.458 e. The van der Waals surface area contributed by atoms with Crippen LogP contribution < -0.4 is 0 Å². The first-order valence-electron chi connectivity index (χ1n) is 11.4. The van der Waals surface area contributed by atoms with E-state index in [1.54, 1.807) is 0 Å². The number of hydrogen-bond donors (Lipinski definition) is 0. The van der Waals surface area contributed by atoms with Crippen LogP contribution in [0.1, 0.15) is 11.1 Å². The summed E-state index contributed by atoms with van der Waals surface area (Å²) in [5, 5.41) is 0. The van der Waals surface area contributed by atoms with E-state index in [1.807, 2.05) is 0 Å². The molecule has 0 heterocycles. The molecule has 3 nitrogen and oxygen atoms in total. The van der Waals surface area contributed by atoms with Gasteiger partial charge in [-0.2, -0.15) is 74.6 Å². The lowest BCUT2D eigenvalue weighted by Gasteiger charge is -2.42. The largest absolute Gasteiger partial charge is 0.460 e. The Labute approximate surface area is 240 Å². The van der Waals surface area contributed by atoms with Gasteiger partial charge in [0.1, 0.15) is 6.61 Å². The van der Waals surface area contributed by atoms with Gasteiger partial charge in [0.25, 0.3) is 0 Å². The number of halogens is 17. The first-order chi connectivity index (χ1) is 20.1. The summed E-state index contributed by atoms with van der Waals surface area (Å²) < 4.78 is 235. The summed E-state index contributed by atoms with van der Waals surface area (Å²) in [7, 11) is 0. The number of rotatable bonds is 13. The maximum Gasteiger partial charge on any atom is 0.460 e. The average Bonchev–Trinajstić information content (AvgIpc) is 2.94. The Bertz CT molecular complexity index is 1350. The van der Waals surface area contributed by atoms with Gasteiger partial charge >= 0.3 is 53.8 Å². The van der Waals surface area contributed by atoms with Crippen LogP contribution in [0, 0.1) is 0 Å². The molecule has 0 saturated heterocycles. The summed E-state index contributed by atoms with van der Waals surface area (Å²) >= 11 is 0. The van der Waals surface area contributed by atoms with Crippen LogP contribution in [0.2, 0.25) is 0 Å². The minimum atomic E-state index is -8.70. The van der Waals surface area contributed by atoms with E-state index in [1.165, 1.54) is 24.3 Å². The van der Waals surface area contributed by atoms with E-state index in [0.29, 0.717) is 11.1 Å². The fraction of sp³-hybridized carbons (Fsp3) is 0.400. The minimum absolute atomic E-state index is 0.147. The zero-order chi connectivity index (χ0) is 35.1. The lowest BCUT2D eigenvalue weighted by atomic mass is 9.90. The molecule has 0 aliphatic rings. The fourth-order valence-electron chi connectivity index (χ4n) is 3.21. The highest BCUT2D eigenvalue weighted by Crippen LogP contribution is 2.64. The first kappa shape index (κ1) is 37.6. The monoisotopic (exact) mass is 686 g/mol. The molecular weight excluding hydrogens is 671 g/mol. The van der Waals surface area contributed by atoms with Crippen LogP contribution in [0.25, 0.3) is 11.1 Å². The quantitative estimate of drug-likeness (QED) is 0.120. The van der Waals surface area contributed by atoms with E-state index in [0.717, 1.165) is 30.3 Å². The van der Waals surface area contributed by atoms with Crippen LogP contribution in [0.4, 0.5) is 74.6 Å². The second-order valence-corrected chi connectivity index (χ2v) is 8.96. The molecule has 0 aliphatic heterocycles. The molecule has 20 heteroatoms. The molecule has 0 N–H and O–H groups in total. The van der Waals surface area contributed by atoms with Gasteiger partial charge in [0.05, 0.1) is 6.61 Å². The van der Waals surface area contributed by atoms with Crippen molar-refractivity contribution in [3.05, 3.63) is 72.3 Å². The van der Waals surface area contributed by atoms with Crippen LogP contribution in [-0.2, 0) is 27.5 Å². The summed E-state index contributed by atoms with van der Waals surface area (Å²) in [5.74, 6) is -51.2. The normalized spacial score (nSPS) is 14.3. The molecule has 0 saturated carbocycles. The maximum atomic E-state index is 14.0. The molecule has 0 amide bonds. The van der Waals surface area contributed by atoms with Gasteiger partial charge in [-0.1, -0.05) is 55.1 Å². The van der Waals surface area contributed by atoms with Crippen LogP contribution in [0.5, 0.6) is 0 Å². The van der Waals surface area contributed by atoms with Crippen molar-refractivity contribution >= 4 is 5.97 Å². The summed E-state index contributed by atoms with van der Waals surface area (Å²) in [6.45, 7) is 1.18. The van der Waals surface area contributed by atoms with Crippen LogP contribution in [0.15, 0.2) is 61.2 Å². The number of hydrogen-bond acceptors (Lipinski definition) is 3. The number of ether oxygens (including phenoxy) is 2. The van der Waals surface area contributed by atoms with E-state index in [4.69, 9.17) is 4.74 Å². The van der Waals surface area contributed by atoms with Gasteiger partial charge in [0.2, 0.25) is 0 Å². The lowest BCUT2D eigenvalue weighted by molar-refractivity contribution is -0.478. The molecule has 0 spiro atoms. The topological polar surface area (TPSA) is 35.5 Å². The molecule has 2 aromatic carbocycles. The van der Waals surface area contributed by atoms with E-state index >= 15 is 0 Å². The predicted octanol–water partition coefficient (Wildman–Crippen LogP) is 9.07. The van der Waals surface area contributed by atoms with E-state index in [2.05, 4.69) is 11.3 Å². The molecule has 0 fully saturated rings. The summed E-state index contributed by atoms with van der Waals surface area (Å²) in [4.78, 5) is 11.1. The lowest BCUT2D eigenvalue weighted by Crippen LogP contribution is -2.74. The van der Waals surface area contributed by atoms with Crippen LogP contribution in [-0.4, -0.2) is 53.8 Å². The van der Waals surface area contributed by atoms with Crippen molar-refractivity contribution in [1.29, 1.82) is 0 Å². The zero-order valence-electron chi connectivity index (χ0n) is 21.5. The second-order valence-electron chi connectivity index (χ2n) is 8.96. The second kappa shape index (κ2) is 12.0. The Morgan fingerprint density at radius 1 is 0.533 bits per heavy atom. The third-order valence-corrected chi connectivity index (χ3v) is 5.90. The SMILES string of the molecule is C=CC(=O)OCc1ccc(-c2ccc(COC(F)(F)C(F)(F)C(F)(F)C(F)(F)C(F)(F)C(F)(F)C(F)(F)C(F)(F)F)cc2)cc1. The molecule has 252 valence electrons. The molecule has 45 heavy (non-hydrogen) atoms. The molecule has 0 aromatic heterocycles. The maximum absolute atomic E-state index is 14.0. The Hall–Kier alpha value is -3.58. The Kier molecular flexibility index (Phi) is 10.0. The molecule has 2 aromatic rings. The summed E-state index contributed by atoms with van der Waals surface area (Å²) in [6.07, 6.45) is -13.9. The van der Waals surface area contributed by atoms with Gasteiger partial charge in [-0.3, -0.25) is 0 Å². The van der Waals surface area contributed by atoms with Crippen LogP contribution in [0.3, 0.4) is 0 Å². The first-order valence-corrected chi connectivity index (χ1v) is 11.4. The Morgan fingerprint density at radius 2 is 0.867 bits per heavy atom. The van der Waals surface area contributed by atoms with Gasteiger partial charge < -0.3 is 9.47 Å². The van der Waals surface area contributed by atoms with Crippen molar-refractivity contribution in [1.82, 2.24) is 0 Å². The highest BCUT2D eigenvalue weighted by atomic mass is 19.4. The predicted molar refractivity (Wildman–Crippen MR) is 117 cm³/mol. The zero-order valence-corrected chi connectivity index (χ0v) is 21.5. The molecular formula is C25H15F17O3. The summed E-state index contributed by atoms with van der Waals surface area (Å²) in [6, 6.07) is 9.76. The molecule has 2 rings (SSSR count). The molecule has 0 radical (unpaired) electrons. The Morgan fingerprint density at radius 3 is 1.22 bits per heavy atom.